The van der Waals surface area contributed by atoms with E-state index >= 15 is 0 Å². The van der Waals surface area contributed by atoms with Crippen LogP contribution in [0.25, 0.3) is 0 Å². The van der Waals surface area contributed by atoms with E-state index in [0.717, 1.165) is 12.8 Å². The van der Waals surface area contributed by atoms with Gasteiger partial charge in [0.05, 0.1) is 0 Å². The zero-order chi connectivity index (χ0) is 10.8. The lowest BCUT2D eigenvalue weighted by Crippen LogP contribution is -2.28. The first-order chi connectivity index (χ1) is 6.43. The van der Waals surface area contributed by atoms with Crippen LogP contribution in [0.3, 0.4) is 0 Å². The maximum Gasteiger partial charge on any atom is 0.129 e. The Morgan fingerprint density at radius 3 is 2.71 bits per heavy atom. The molecule has 0 N–H and O–H groups in total. The van der Waals surface area contributed by atoms with E-state index in [-0.39, 0.29) is 0 Å². The van der Waals surface area contributed by atoms with Crippen LogP contribution in [0.15, 0.2) is 11.6 Å². The monoisotopic (exact) mass is 194 g/mol. The summed E-state index contributed by atoms with van der Waals surface area (Å²) in [4.78, 5) is 11.0. The molecule has 0 saturated carbocycles. The normalized spacial score (nSPS) is 25.7. The summed E-state index contributed by atoms with van der Waals surface area (Å²) >= 11 is 0. The Labute approximate surface area is 87.6 Å². The average molecular weight is 194 g/mol. The summed E-state index contributed by atoms with van der Waals surface area (Å²) in [5.74, 6) is 0.930. The highest BCUT2D eigenvalue weighted by Crippen LogP contribution is 2.43. The first kappa shape index (κ1) is 11.5. The minimum absolute atomic E-state index is 0.319. The van der Waals surface area contributed by atoms with E-state index in [9.17, 15) is 4.79 Å². The van der Waals surface area contributed by atoms with Crippen molar-refractivity contribution >= 4 is 5.78 Å². The van der Waals surface area contributed by atoms with Crippen LogP contribution >= 0.6 is 0 Å². The molecule has 0 heterocycles. The predicted molar refractivity (Wildman–Crippen MR) is 60.2 cm³/mol. The number of carbonyl (C=O) groups is 1. The number of allylic oxidation sites excluding steroid dienone is 2. The van der Waals surface area contributed by atoms with E-state index in [4.69, 9.17) is 0 Å². The summed E-state index contributed by atoms with van der Waals surface area (Å²) in [7, 11) is 0. The van der Waals surface area contributed by atoms with E-state index in [0.29, 0.717) is 17.1 Å². The maximum atomic E-state index is 11.0. The number of hydrogen-bond acceptors (Lipinski definition) is 1. The lowest BCUT2D eigenvalue weighted by Gasteiger charge is -2.38. The molecule has 80 valence electrons. The molecule has 0 aromatic heterocycles. The van der Waals surface area contributed by atoms with Gasteiger partial charge in [-0.1, -0.05) is 25.5 Å². The van der Waals surface area contributed by atoms with E-state index in [1.807, 2.05) is 0 Å². The van der Waals surface area contributed by atoms with Gasteiger partial charge in [-0.05, 0) is 44.4 Å². The molecule has 0 aromatic carbocycles. The number of carbonyl (C=O) groups excluding carboxylic acids is 1. The molecule has 0 unspecified atom stereocenters. The number of ketones is 1. The van der Waals surface area contributed by atoms with Gasteiger partial charge in [-0.25, -0.2) is 0 Å². The smallest absolute Gasteiger partial charge is 0.129 e. The van der Waals surface area contributed by atoms with Crippen molar-refractivity contribution in [3.63, 3.8) is 0 Å². The minimum Gasteiger partial charge on any atom is -0.300 e. The standard InChI is InChI=1S/C13H22O/c1-10-6-5-9-13(3,4)12(10)8-7-11(2)14/h6,12H,5,7-9H2,1-4H3/t12-/m1/s1. The lowest BCUT2D eigenvalue weighted by atomic mass is 9.67. The molecular formula is C13H22O. The number of hydrogen-bond donors (Lipinski definition) is 0. The van der Waals surface area contributed by atoms with E-state index in [1.54, 1.807) is 6.92 Å². The molecule has 1 heteroatoms. The molecule has 0 aromatic rings. The van der Waals surface area contributed by atoms with Crippen LogP contribution in [-0.4, -0.2) is 5.78 Å². The largest absolute Gasteiger partial charge is 0.300 e. The van der Waals surface area contributed by atoms with Gasteiger partial charge in [-0.3, -0.25) is 0 Å². The molecule has 1 rings (SSSR count). The third-order valence-corrected chi connectivity index (χ3v) is 3.53. The summed E-state index contributed by atoms with van der Waals surface area (Å²) in [6, 6.07) is 0. The van der Waals surface area contributed by atoms with Crippen molar-refractivity contribution in [3.8, 4) is 0 Å². The van der Waals surface area contributed by atoms with E-state index in [1.165, 1.54) is 18.4 Å². The average Bonchev–Trinajstić information content (AvgIpc) is 2.01. The summed E-state index contributed by atoms with van der Waals surface area (Å²) in [6.45, 7) is 8.56. The van der Waals surface area contributed by atoms with Crippen LogP contribution in [0, 0.1) is 11.3 Å². The minimum atomic E-state index is 0.319. The van der Waals surface area contributed by atoms with Crippen LogP contribution in [0.5, 0.6) is 0 Å². The number of rotatable bonds is 3. The SMILES string of the molecule is CC(=O)CC[C@@H]1C(C)=CCCC1(C)C. The fourth-order valence-electron chi connectivity index (χ4n) is 2.57. The highest BCUT2D eigenvalue weighted by Gasteiger charge is 2.32. The summed E-state index contributed by atoms with van der Waals surface area (Å²) in [6.07, 6.45) is 6.57. The Bertz CT molecular complexity index is 248. The van der Waals surface area contributed by atoms with Gasteiger partial charge >= 0.3 is 0 Å². The van der Waals surface area contributed by atoms with Gasteiger partial charge in [0.2, 0.25) is 0 Å². The first-order valence-electron chi connectivity index (χ1n) is 5.59. The fourth-order valence-corrected chi connectivity index (χ4v) is 2.57. The molecule has 14 heavy (non-hydrogen) atoms. The Kier molecular flexibility index (Phi) is 3.52. The van der Waals surface area contributed by atoms with Crippen LogP contribution in [-0.2, 0) is 4.79 Å². The number of Topliss-reactive ketones (excluding diaryl/α,β-unsaturated/α-hetero) is 1. The van der Waals surface area contributed by atoms with Crippen molar-refractivity contribution in [1.29, 1.82) is 0 Å². The summed E-state index contributed by atoms with van der Waals surface area (Å²) in [5, 5.41) is 0. The van der Waals surface area contributed by atoms with Crippen LogP contribution in [0.4, 0.5) is 0 Å². The van der Waals surface area contributed by atoms with Crippen molar-refractivity contribution in [1.82, 2.24) is 0 Å². The zero-order valence-corrected chi connectivity index (χ0v) is 9.89. The molecule has 1 nitrogen and oxygen atoms in total. The summed E-state index contributed by atoms with van der Waals surface area (Å²) in [5.41, 5.74) is 1.87. The van der Waals surface area contributed by atoms with Crippen molar-refractivity contribution in [3.05, 3.63) is 11.6 Å². The molecule has 0 bridgehead atoms. The van der Waals surface area contributed by atoms with Crippen LogP contribution in [0.2, 0.25) is 0 Å². The molecule has 0 fully saturated rings. The second-order valence-electron chi connectivity index (χ2n) is 5.27. The van der Waals surface area contributed by atoms with Crippen LogP contribution < -0.4 is 0 Å². The Balaban J connectivity index is 2.66. The van der Waals surface area contributed by atoms with Crippen molar-refractivity contribution in [2.75, 3.05) is 0 Å². The molecule has 0 spiro atoms. The Hall–Kier alpha value is -0.590. The van der Waals surface area contributed by atoms with Gasteiger partial charge in [0.15, 0.2) is 0 Å². The van der Waals surface area contributed by atoms with E-state index < -0.39 is 0 Å². The zero-order valence-electron chi connectivity index (χ0n) is 9.89. The lowest BCUT2D eigenvalue weighted by molar-refractivity contribution is -0.117. The molecule has 1 atom stereocenters. The molecule has 1 aliphatic rings. The van der Waals surface area contributed by atoms with Crippen molar-refractivity contribution < 1.29 is 4.79 Å². The van der Waals surface area contributed by atoms with Crippen molar-refractivity contribution in [2.45, 2.75) is 53.4 Å². The quantitative estimate of drug-likeness (QED) is 0.625. The molecule has 0 aliphatic heterocycles. The predicted octanol–water partition coefficient (Wildman–Crippen LogP) is 3.74. The highest BCUT2D eigenvalue weighted by molar-refractivity contribution is 5.75. The fraction of sp³-hybridized carbons (Fsp3) is 0.769. The third-order valence-electron chi connectivity index (χ3n) is 3.53. The second-order valence-corrected chi connectivity index (χ2v) is 5.27. The first-order valence-corrected chi connectivity index (χ1v) is 5.59. The third kappa shape index (κ3) is 2.70. The Morgan fingerprint density at radius 2 is 2.21 bits per heavy atom. The van der Waals surface area contributed by atoms with Gasteiger partial charge in [0.1, 0.15) is 5.78 Å². The summed E-state index contributed by atoms with van der Waals surface area (Å²) < 4.78 is 0. The molecule has 0 radical (unpaired) electrons. The van der Waals surface area contributed by atoms with Gasteiger partial charge in [-0.2, -0.15) is 0 Å². The topological polar surface area (TPSA) is 17.1 Å². The highest BCUT2D eigenvalue weighted by atomic mass is 16.1. The Morgan fingerprint density at radius 1 is 1.57 bits per heavy atom. The van der Waals surface area contributed by atoms with Crippen LogP contribution in [0.1, 0.15) is 53.4 Å². The molecule has 0 saturated heterocycles. The van der Waals surface area contributed by atoms with Gasteiger partial charge < -0.3 is 4.79 Å². The second kappa shape index (κ2) is 4.29. The van der Waals surface area contributed by atoms with Gasteiger partial charge in [-0.15, -0.1) is 0 Å². The van der Waals surface area contributed by atoms with Gasteiger partial charge in [0, 0.05) is 6.42 Å². The molecular weight excluding hydrogens is 172 g/mol. The van der Waals surface area contributed by atoms with E-state index in [2.05, 4.69) is 26.8 Å². The van der Waals surface area contributed by atoms with Crippen molar-refractivity contribution in [2.24, 2.45) is 11.3 Å². The molecule has 0 amide bonds. The molecule has 1 aliphatic carbocycles. The van der Waals surface area contributed by atoms with Gasteiger partial charge in [0.25, 0.3) is 0 Å². The maximum absolute atomic E-state index is 11.0.